The number of sulfone groups is 1. The van der Waals surface area contributed by atoms with E-state index in [0.29, 0.717) is 24.0 Å². The maximum absolute atomic E-state index is 12.5. The van der Waals surface area contributed by atoms with Crippen LogP contribution in [0, 0.1) is 0 Å². The molecule has 0 spiro atoms. The van der Waals surface area contributed by atoms with E-state index >= 15 is 0 Å². The molecule has 0 atom stereocenters. The summed E-state index contributed by atoms with van der Waals surface area (Å²) in [6, 6.07) is 10.6. The Balaban J connectivity index is 1.46. The first-order valence-corrected chi connectivity index (χ1v) is 10.5. The molecule has 0 saturated carbocycles. The first-order chi connectivity index (χ1) is 14.2. The molecule has 0 bridgehead atoms. The van der Waals surface area contributed by atoms with E-state index in [9.17, 15) is 31.6 Å². The van der Waals surface area contributed by atoms with Crippen LogP contribution in [0.3, 0.4) is 0 Å². The molecule has 2 aromatic carbocycles. The number of unbranched alkanes of at least 4 members (excludes halogenated alkanes) is 1. The lowest BCUT2D eigenvalue weighted by Gasteiger charge is -2.13. The van der Waals surface area contributed by atoms with Crippen molar-refractivity contribution in [3.63, 3.8) is 0 Å². The Morgan fingerprint density at radius 1 is 0.933 bits per heavy atom. The van der Waals surface area contributed by atoms with E-state index in [0.717, 1.165) is 29.2 Å². The van der Waals surface area contributed by atoms with Gasteiger partial charge in [-0.2, -0.15) is 8.78 Å². The van der Waals surface area contributed by atoms with Crippen molar-refractivity contribution in [2.75, 3.05) is 13.2 Å². The molecular formula is C20H17F2NO6S. The summed E-state index contributed by atoms with van der Waals surface area (Å²) < 4.78 is 52.8. The number of ether oxygens (including phenoxy) is 1. The summed E-state index contributed by atoms with van der Waals surface area (Å²) in [6.07, 6.45) is 0.807. The van der Waals surface area contributed by atoms with Gasteiger partial charge in [-0.15, -0.1) is 0 Å². The van der Waals surface area contributed by atoms with E-state index in [2.05, 4.69) is 0 Å². The molecule has 0 unspecified atom stereocenters. The second-order valence-electron chi connectivity index (χ2n) is 6.48. The largest absolute Gasteiger partial charge is 0.462 e. The summed E-state index contributed by atoms with van der Waals surface area (Å²) in [5.41, 5.74) is 0.751. The number of rotatable bonds is 8. The number of nitrogens with zero attached hydrogens (tertiary/aromatic N) is 1. The molecule has 1 heterocycles. The van der Waals surface area contributed by atoms with E-state index in [1.54, 1.807) is 24.3 Å². The monoisotopic (exact) mass is 437 g/mol. The van der Waals surface area contributed by atoms with Gasteiger partial charge in [0.1, 0.15) is 0 Å². The lowest BCUT2D eigenvalue weighted by atomic mass is 10.1. The normalized spacial score (nSPS) is 13.6. The average molecular weight is 437 g/mol. The molecule has 30 heavy (non-hydrogen) atoms. The number of fused-ring (bicyclic) bond motifs is 1. The Morgan fingerprint density at radius 2 is 1.50 bits per heavy atom. The van der Waals surface area contributed by atoms with Gasteiger partial charge in [0.2, 0.25) is 9.84 Å². The molecule has 2 amide bonds. The molecule has 1 aliphatic heterocycles. The third-order valence-corrected chi connectivity index (χ3v) is 5.94. The highest BCUT2D eigenvalue weighted by Crippen LogP contribution is 2.23. The summed E-state index contributed by atoms with van der Waals surface area (Å²) in [7, 11) is -4.73. The number of benzene rings is 2. The summed E-state index contributed by atoms with van der Waals surface area (Å²) in [4.78, 5) is 37.0. The first-order valence-electron chi connectivity index (χ1n) is 8.98. The number of carbonyl (C=O) groups excluding carboxylic acids is 3. The molecule has 0 aromatic heterocycles. The van der Waals surface area contributed by atoms with Gasteiger partial charge in [-0.1, -0.05) is 12.1 Å². The van der Waals surface area contributed by atoms with Gasteiger partial charge in [-0.25, -0.2) is 13.2 Å². The number of imide groups is 1. The van der Waals surface area contributed by atoms with Gasteiger partial charge in [0, 0.05) is 6.54 Å². The third-order valence-electron chi connectivity index (χ3n) is 4.54. The molecule has 0 aliphatic carbocycles. The maximum Gasteiger partial charge on any atom is 0.341 e. The molecule has 10 heteroatoms. The molecule has 2 aromatic rings. The van der Waals surface area contributed by atoms with Gasteiger partial charge in [-0.05, 0) is 49.2 Å². The van der Waals surface area contributed by atoms with Crippen LogP contribution < -0.4 is 0 Å². The SMILES string of the molecule is O=C(OCCCCN1C(=O)c2ccccc2C1=O)c1ccc(S(=O)(=O)C(F)F)cc1. The predicted octanol–water partition coefficient (Wildman–Crippen LogP) is 2.92. The number of hydrogen-bond donors (Lipinski definition) is 0. The van der Waals surface area contributed by atoms with E-state index in [4.69, 9.17) is 4.74 Å². The van der Waals surface area contributed by atoms with Crippen LogP contribution in [-0.2, 0) is 14.6 Å². The van der Waals surface area contributed by atoms with E-state index < -0.39 is 26.5 Å². The fraction of sp³-hybridized carbons (Fsp3) is 0.250. The van der Waals surface area contributed by atoms with Gasteiger partial charge < -0.3 is 4.74 Å². The van der Waals surface area contributed by atoms with Crippen molar-refractivity contribution in [3.8, 4) is 0 Å². The highest BCUT2D eigenvalue weighted by Gasteiger charge is 2.34. The van der Waals surface area contributed by atoms with Crippen LogP contribution in [0.25, 0.3) is 0 Å². The predicted molar refractivity (Wildman–Crippen MR) is 101 cm³/mol. The Morgan fingerprint density at radius 3 is 2.03 bits per heavy atom. The lowest BCUT2D eigenvalue weighted by Crippen LogP contribution is -2.30. The fourth-order valence-corrected chi connectivity index (χ4v) is 3.67. The second kappa shape index (κ2) is 8.70. The molecule has 0 N–H and O–H groups in total. The van der Waals surface area contributed by atoms with Crippen molar-refractivity contribution in [1.29, 1.82) is 0 Å². The zero-order chi connectivity index (χ0) is 21.9. The first kappa shape index (κ1) is 21.6. The minimum Gasteiger partial charge on any atom is -0.462 e. The Bertz CT molecular complexity index is 1050. The molecule has 0 saturated heterocycles. The van der Waals surface area contributed by atoms with Gasteiger partial charge in [0.15, 0.2) is 0 Å². The van der Waals surface area contributed by atoms with Crippen LogP contribution in [-0.4, -0.2) is 50.0 Å². The number of halogens is 2. The summed E-state index contributed by atoms with van der Waals surface area (Å²) in [5, 5.41) is 0. The number of alkyl halides is 2. The molecular weight excluding hydrogens is 420 g/mol. The van der Waals surface area contributed by atoms with Crippen LogP contribution >= 0.6 is 0 Å². The Hall–Kier alpha value is -3.14. The van der Waals surface area contributed by atoms with Gasteiger partial charge >= 0.3 is 11.7 Å². The minimum atomic E-state index is -4.73. The fourth-order valence-electron chi connectivity index (χ4n) is 2.95. The maximum atomic E-state index is 12.5. The van der Waals surface area contributed by atoms with Crippen LogP contribution in [0.4, 0.5) is 8.78 Å². The second-order valence-corrected chi connectivity index (χ2v) is 8.40. The quantitative estimate of drug-likeness (QED) is 0.358. The van der Waals surface area contributed by atoms with Crippen molar-refractivity contribution in [2.45, 2.75) is 23.5 Å². The molecule has 0 radical (unpaired) electrons. The van der Waals surface area contributed by atoms with Crippen molar-refractivity contribution < 1.29 is 36.3 Å². The molecule has 1 aliphatic rings. The van der Waals surface area contributed by atoms with Crippen LogP contribution in [0.2, 0.25) is 0 Å². The zero-order valence-corrected chi connectivity index (χ0v) is 16.4. The topological polar surface area (TPSA) is 97.8 Å². The van der Waals surface area contributed by atoms with Crippen molar-refractivity contribution in [3.05, 3.63) is 65.2 Å². The highest BCUT2D eigenvalue weighted by atomic mass is 32.2. The number of esters is 1. The Labute approximate surface area is 171 Å². The highest BCUT2D eigenvalue weighted by molar-refractivity contribution is 7.91. The molecule has 7 nitrogen and oxygen atoms in total. The van der Waals surface area contributed by atoms with Crippen molar-refractivity contribution >= 4 is 27.6 Å². The summed E-state index contributed by atoms with van der Waals surface area (Å²) >= 11 is 0. The van der Waals surface area contributed by atoms with Crippen molar-refractivity contribution in [1.82, 2.24) is 4.90 Å². The summed E-state index contributed by atoms with van der Waals surface area (Å²) in [6.45, 7) is 0.198. The lowest BCUT2D eigenvalue weighted by molar-refractivity contribution is 0.0485. The number of carbonyl (C=O) groups is 3. The van der Waals surface area contributed by atoms with E-state index in [-0.39, 0.29) is 30.5 Å². The van der Waals surface area contributed by atoms with Gasteiger partial charge in [-0.3, -0.25) is 14.5 Å². The van der Waals surface area contributed by atoms with Crippen LogP contribution in [0.1, 0.15) is 43.9 Å². The number of hydrogen-bond acceptors (Lipinski definition) is 6. The average Bonchev–Trinajstić information content (AvgIpc) is 2.98. The van der Waals surface area contributed by atoms with Crippen LogP contribution in [0.15, 0.2) is 53.4 Å². The summed E-state index contributed by atoms with van der Waals surface area (Å²) in [5.74, 6) is -4.99. The minimum absolute atomic E-state index is 0.0130. The Kier molecular flexibility index (Phi) is 6.25. The standard InChI is InChI=1S/C20H17F2NO6S/c21-20(22)30(27,28)14-9-7-13(8-10-14)19(26)29-12-4-3-11-23-17(24)15-5-1-2-6-16(15)18(23)25/h1-2,5-10,20H,3-4,11-12H2. The van der Waals surface area contributed by atoms with Gasteiger partial charge in [0.25, 0.3) is 11.8 Å². The van der Waals surface area contributed by atoms with E-state index in [1.807, 2.05) is 0 Å². The smallest absolute Gasteiger partial charge is 0.341 e. The number of amides is 2. The molecule has 158 valence electrons. The van der Waals surface area contributed by atoms with E-state index in [1.165, 1.54) is 0 Å². The van der Waals surface area contributed by atoms with Gasteiger partial charge in [0.05, 0.1) is 28.2 Å². The van der Waals surface area contributed by atoms with Crippen molar-refractivity contribution in [2.24, 2.45) is 0 Å². The zero-order valence-electron chi connectivity index (χ0n) is 15.6. The third kappa shape index (κ3) is 4.23. The molecule has 0 fully saturated rings. The molecule has 3 rings (SSSR count). The van der Waals surface area contributed by atoms with Crippen LogP contribution in [0.5, 0.6) is 0 Å².